The predicted octanol–water partition coefficient (Wildman–Crippen LogP) is 3.68. The van der Waals surface area contributed by atoms with Crippen LogP contribution in [0.15, 0.2) is 54.6 Å². The van der Waals surface area contributed by atoms with Crippen LogP contribution in [0.25, 0.3) is 0 Å². The van der Waals surface area contributed by atoms with Crippen molar-refractivity contribution >= 4 is 5.91 Å². The molecule has 2 N–H and O–H groups in total. The van der Waals surface area contributed by atoms with Gasteiger partial charge in [0.1, 0.15) is 5.75 Å². The Morgan fingerprint density at radius 3 is 2.63 bits per heavy atom. The first kappa shape index (κ1) is 20.9. The molecule has 0 unspecified atom stereocenters. The second-order valence-corrected chi connectivity index (χ2v) is 8.66. The Morgan fingerprint density at radius 2 is 1.90 bits per heavy atom. The van der Waals surface area contributed by atoms with E-state index in [0.717, 1.165) is 55.5 Å². The largest absolute Gasteiger partial charge is 0.497 e. The van der Waals surface area contributed by atoms with Gasteiger partial charge in [0, 0.05) is 25.0 Å². The summed E-state index contributed by atoms with van der Waals surface area (Å²) in [5.41, 5.74) is 1.62. The molecule has 160 valence electrons. The first-order valence-corrected chi connectivity index (χ1v) is 11.0. The van der Waals surface area contributed by atoms with Crippen LogP contribution in [0.2, 0.25) is 0 Å². The summed E-state index contributed by atoms with van der Waals surface area (Å²) in [6.45, 7) is 1.60. The highest BCUT2D eigenvalue weighted by molar-refractivity contribution is 5.78. The standard InChI is InChI=1S/C25H32N2O3/c1-30-21-12-10-20(11-13-21)24-22-9-5-6-14-25(22,29)15-16-27(24)18-23(28)26-17-19-7-3-2-4-8-19/h2-4,7-8,10-13,22,24,29H,5-6,9,14-18H2,1H3,(H,26,28)/t22-,24+,25+/m0/s1. The van der Waals surface area contributed by atoms with Crippen molar-refractivity contribution in [2.45, 2.75) is 50.3 Å². The van der Waals surface area contributed by atoms with Gasteiger partial charge in [0.25, 0.3) is 0 Å². The van der Waals surface area contributed by atoms with Gasteiger partial charge in [-0.1, -0.05) is 55.3 Å². The molecule has 1 heterocycles. The highest BCUT2D eigenvalue weighted by Crippen LogP contribution is 2.49. The summed E-state index contributed by atoms with van der Waals surface area (Å²) in [4.78, 5) is 15.0. The van der Waals surface area contributed by atoms with Crippen molar-refractivity contribution in [1.82, 2.24) is 10.2 Å². The molecule has 1 saturated carbocycles. The van der Waals surface area contributed by atoms with E-state index in [2.05, 4.69) is 22.3 Å². The molecule has 1 amide bonds. The third kappa shape index (κ3) is 4.52. The minimum absolute atomic E-state index is 0.0265. The zero-order valence-electron chi connectivity index (χ0n) is 17.7. The quantitative estimate of drug-likeness (QED) is 0.765. The molecule has 4 rings (SSSR count). The monoisotopic (exact) mass is 408 g/mol. The maximum atomic E-state index is 12.8. The molecule has 30 heavy (non-hydrogen) atoms. The second-order valence-electron chi connectivity index (χ2n) is 8.66. The summed E-state index contributed by atoms with van der Waals surface area (Å²) in [6.07, 6.45) is 4.80. The van der Waals surface area contributed by atoms with E-state index in [1.165, 1.54) is 0 Å². The minimum atomic E-state index is -0.625. The van der Waals surface area contributed by atoms with Gasteiger partial charge >= 0.3 is 0 Å². The summed E-state index contributed by atoms with van der Waals surface area (Å²) in [5.74, 6) is 0.995. The smallest absolute Gasteiger partial charge is 0.234 e. The Bertz CT molecular complexity index is 839. The number of ether oxygens (including phenoxy) is 1. The first-order chi connectivity index (χ1) is 14.6. The summed E-state index contributed by atoms with van der Waals surface area (Å²) >= 11 is 0. The number of hydrogen-bond acceptors (Lipinski definition) is 4. The Morgan fingerprint density at radius 1 is 1.13 bits per heavy atom. The number of methoxy groups -OCH3 is 1. The fourth-order valence-electron chi connectivity index (χ4n) is 5.20. The van der Waals surface area contributed by atoms with Crippen molar-refractivity contribution in [3.8, 4) is 5.75 Å². The molecular weight excluding hydrogens is 376 g/mol. The number of rotatable bonds is 6. The van der Waals surface area contributed by atoms with E-state index < -0.39 is 5.60 Å². The van der Waals surface area contributed by atoms with Crippen LogP contribution >= 0.6 is 0 Å². The van der Waals surface area contributed by atoms with Gasteiger partial charge in [-0.25, -0.2) is 0 Å². The van der Waals surface area contributed by atoms with Gasteiger partial charge in [-0.15, -0.1) is 0 Å². The average molecular weight is 409 g/mol. The molecule has 0 radical (unpaired) electrons. The first-order valence-electron chi connectivity index (χ1n) is 11.0. The van der Waals surface area contributed by atoms with Crippen LogP contribution in [0.4, 0.5) is 0 Å². The number of piperidine rings is 1. The van der Waals surface area contributed by atoms with Crippen molar-refractivity contribution in [2.75, 3.05) is 20.2 Å². The molecule has 1 aliphatic heterocycles. The van der Waals surface area contributed by atoms with Crippen LogP contribution in [0.3, 0.4) is 0 Å². The van der Waals surface area contributed by atoms with Crippen molar-refractivity contribution in [3.05, 3.63) is 65.7 Å². The lowest BCUT2D eigenvalue weighted by Crippen LogP contribution is -2.56. The number of nitrogens with zero attached hydrogens (tertiary/aromatic N) is 1. The molecule has 0 aromatic heterocycles. The minimum Gasteiger partial charge on any atom is -0.497 e. The van der Waals surface area contributed by atoms with E-state index >= 15 is 0 Å². The molecule has 5 heteroatoms. The summed E-state index contributed by atoms with van der Waals surface area (Å²) < 4.78 is 5.32. The molecule has 0 spiro atoms. The molecule has 2 aromatic carbocycles. The maximum Gasteiger partial charge on any atom is 0.234 e. The predicted molar refractivity (Wildman–Crippen MR) is 117 cm³/mol. The van der Waals surface area contributed by atoms with E-state index in [1.807, 2.05) is 42.5 Å². The molecular formula is C25H32N2O3. The number of likely N-dealkylation sites (tertiary alicyclic amines) is 1. The molecule has 5 nitrogen and oxygen atoms in total. The molecule has 0 bridgehead atoms. The van der Waals surface area contributed by atoms with Gasteiger partial charge in [0.2, 0.25) is 5.91 Å². The van der Waals surface area contributed by atoms with Crippen molar-refractivity contribution in [2.24, 2.45) is 5.92 Å². The van der Waals surface area contributed by atoms with E-state index in [0.29, 0.717) is 13.1 Å². The molecule has 2 fully saturated rings. The number of carbonyl (C=O) groups excluding carboxylic acids is 1. The van der Waals surface area contributed by atoms with Crippen LogP contribution in [-0.4, -0.2) is 41.7 Å². The lowest BCUT2D eigenvalue weighted by Gasteiger charge is -2.52. The van der Waals surface area contributed by atoms with Crippen LogP contribution in [0.1, 0.15) is 49.3 Å². The van der Waals surface area contributed by atoms with E-state index in [4.69, 9.17) is 4.74 Å². The molecule has 1 aliphatic carbocycles. The lowest BCUT2D eigenvalue weighted by atomic mass is 9.66. The number of hydrogen-bond donors (Lipinski definition) is 2. The van der Waals surface area contributed by atoms with Gasteiger partial charge in [-0.3, -0.25) is 9.69 Å². The van der Waals surface area contributed by atoms with Crippen LogP contribution in [0.5, 0.6) is 5.75 Å². The number of benzene rings is 2. The fraction of sp³-hybridized carbons (Fsp3) is 0.480. The third-order valence-corrected chi connectivity index (χ3v) is 6.81. The maximum absolute atomic E-state index is 12.8. The van der Waals surface area contributed by atoms with Gasteiger partial charge in [0.05, 0.1) is 19.3 Å². The number of fused-ring (bicyclic) bond motifs is 1. The van der Waals surface area contributed by atoms with Gasteiger partial charge in [0.15, 0.2) is 0 Å². The summed E-state index contributed by atoms with van der Waals surface area (Å²) in [6, 6.07) is 18.1. The zero-order chi connectivity index (χ0) is 21.0. The Balaban J connectivity index is 1.51. The molecule has 2 aromatic rings. The number of amides is 1. The van der Waals surface area contributed by atoms with Gasteiger partial charge < -0.3 is 15.2 Å². The van der Waals surface area contributed by atoms with Gasteiger partial charge in [-0.2, -0.15) is 0 Å². The Hall–Kier alpha value is -2.37. The van der Waals surface area contributed by atoms with Crippen LogP contribution < -0.4 is 10.1 Å². The Labute approximate surface area is 179 Å². The van der Waals surface area contributed by atoms with E-state index in [-0.39, 0.29) is 17.9 Å². The van der Waals surface area contributed by atoms with Gasteiger partial charge in [-0.05, 0) is 42.5 Å². The molecule has 3 atom stereocenters. The number of carbonyl (C=O) groups is 1. The molecule has 2 aliphatic rings. The fourth-order valence-corrected chi connectivity index (χ4v) is 5.20. The zero-order valence-corrected chi connectivity index (χ0v) is 17.7. The van der Waals surface area contributed by atoms with Crippen molar-refractivity contribution in [3.63, 3.8) is 0 Å². The number of nitrogens with one attached hydrogen (secondary N) is 1. The summed E-state index contributed by atoms with van der Waals surface area (Å²) in [7, 11) is 1.67. The lowest BCUT2D eigenvalue weighted by molar-refractivity contribution is -0.138. The van der Waals surface area contributed by atoms with Crippen molar-refractivity contribution in [1.29, 1.82) is 0 Å². The van der Waals surface area contributed by atoms with Crippen LogP contribution in [-0.2, 0) is 11.3 Å². The Kier molecular flexibility index (Phi) is 6.40. The molecule has 1 saturated heterocycles. The SMILES string of the molecule is COc1ccc([C@@H]2[C@@H]3CCCC[C@@]3(O)CCN2CC(=O)NCc2ccccc2)cc1. The van der Waals surface area contributed by atoms with Crippen molar-refractivity contribution < 1.29 is 14.6 Å². The van der Waals surface area contributed by atoms with Crippen LogP contribution in [0, 0.1) is 5.92 Å². The topological polar surface area (TPSA) is 61.8 Å². The highest BCUT2D eigenvalue weighted by atomic mass is 16.5. The average Bonchev–Trinajstić information content (AvgIpc) is 2.78. The van der Waals surface area contributed by atoms with E-state index in [9.17, 15) is 9.90 Å². The third-order valence-electron chi connectivity index (χ3n) is 6.81. The highest BCUT2D eigenvalue weighted by Gasteiger charge is 2.49. The number of aliphatic hydroxyl groups is 1. The summed E-state index contributed by atoms with van der Waals surface area (Å²) in [5, 5.41) is 14.4. The normalized spacial score (nSPS) is 26.6. The van der Waals surface area contributed by atoms with E-state index in [1.54, 1.807) is 7.11 Å². The second kappa shape index (κ2) is 9.19.